The number of anilines is 1. The molecular weight excluding hydrogens is 278 g/mol. The fraction of sp³-hybridized carbons (Fsp3) is 0.429. The molecule has 1 aliphatic carbocycles. The molecule has 6 heteroatoms. The smallest absolute Gasteiger partial charge is 0.251 e. The van der Waals surface area contributed by atoms with Gasteiger partial charge >= 0.3 is 0 Å². The number of rotatable bonds is 5. The number of carbonyl (C=O) groups excluding carboxylic acids is 2. The van der Waals surface area contributed by atoms with Crippen LogP contribution >= 0.6 is 11.6 Å². The van der Waals surface area contributed by atoms with Crippen molar-refractivity contribution < 1.29 is 9.59 Å². The minimum atomic E-state index is -0.230. The van der Waals surface area contributed by atoms with E-state index in [1.807, 2.05) is 0 Å². The van der Waals surface area contributed by atoms with Crippen molar-refractivity contribution in [1.82, 2.24) is 5.32 Å². The first kappa shape index (κ1) is 14.8. The lowest BCUT2D eigenvalue weighted by Crippen LogP contribution is -2.29. The lowest BCUT2D eigenvalue weighted by atomic mass is 10.1. The molecule has 20 heavy (non-hydrogen) atoms. The molecule has 1 atom stereocenters. The Balaban J connectivity index is 2.03. The van der Waals surface area contributed by atoms with Crippen molar-refractivity contribution in [3.8, 4) is 0 Å². The number of hydrogen-bond donors (Lipinski definition) is 3. The van der Waals surface area contributed by atoms with E-state index in [4.69, 9.17) is 17.3 Å². The summed E-state index contributed by atoms with van der Waals surface area (Å²) in [6, 6.07) is 4.65. The Bertz CT molecular complexity index is 529. The van der Waals surface area contributed by atoms with Crippen LogP contribution in [0.5, 0.6) is 0 Å². The summed E-state index contributed by atoms with van der Waals surface area (Å²) in [4.78, 5) is 23.5. The molecule has 1 unspecified atom stereocenters. The Labute approximate surface area is 122 Å². The van der Waals surface area contributed by atoms with Crippen LogP contribution in [0.1, 0.15) is 29.6 Å². The summed E-state index contributed by atoms with van der Waals surface area (Å²) < 4.78 is 0. The monoisotopic (exact) mass is 295 g/mol. The zero-order chi connectivity index (χ0) is 14.7. The zero-order valence-corrected chi connectivity index (χ0v) is 12.0. The van der Waals surface area contributed by atoms with Crippen LogP contribution in [0.25, 0.3) is 0 Å². The Kier molecular flexibility index (Phi) is 4.62. The van der Waals surface area contributed by atoms with Gasteiger partial charge in [0.1, 0.15) is 0 Å². The fourth-order valence-corrected chi connectivity index (χ4v) is 2.18. The van der Waals surface area contributed by atoms with E-state index in [1.54, 1.807) is 25.2 Å². The molecule has 108 valence electrons. The van der Waals surface area contributed by atoms with Gasteiger partial charge in [-0.3, -0.25) is 9.59 Å². The highest BCUT2D eigenvalue weighted by molar-refractivity contribution is 6.33. The number of amides is 2. The largest absolute Gasteiger partial charge is 0.355 e. The molecule has 0 bridgehead atoms. The predicted molar refractivity (Wildman–Crippen MR) is 78.8 cm³/mol. The highest BCUT2D eigenvalue weighted by atomic mass is 35.5. The highest BCUT2D eigenvalue weighted by Crippen LogP contribution is 2.33. The molecule has 0 saturated heterocycles. The topological polar surface area (TPSA) is 84.2 Å². The number of halogens is 1. The van der Waals surface area contributed by atoms with Crippen LogP contribution in [0, 0.1) is 5.92 Å². The van der Waals surface area contributed by atoms with Crippen LogP contribution in [-0.4, -0.2) is 24.9 Å². The van der Waals surface area contributed by atoms with E-state index in [1.165, 1.54) is 0 Å². The maximum Gasteiger partial charge on any atom is 0.251 e. The van der Waals surface area contributed by atoms with E-state index in [0.29, 0.717) is 22.2 Å². The number of nitrogens with two attached hydrogens (primary N) is 1. The third-order valence-corrected chi connectivity index (χ3v) is 3.71. The first-order chi connectivity index (χ1) is 9.51. The summed E-state index contributed by atoms with van der Waals surface area (Å²) in [7, 11) is 1.55. The molecule has 0 aliphatic heterocycles. The Morgan fingerprint density at radius 2 is 2.15 bits per heavy atom. The lowest BCUT2D eigenvalue weighted by molar-refractivity contribution is -0.116. The van der Waals surface area contributed by atoms with Gasteiger partial charge in [0.15, 0.2) is 0 Å². The Hall–Kier alpha value is -1.59. The molecule has 1 aromatic rings. The van der Waals surface area contributed by atoms with Gasteiger partial charge in [0.25, 0.3) is 5.91 Å². The Morgan fingerprint density at radius 1 is 1.45 bits per heavy atom. The minimum absolute atomic E-state index is 0.101. The van der Waals surface area contributed by atoms with Gasteiger partial charge < -0.3 is 16.4 Å². The molecule has 1 fully saturated rings. The fourth-order valence-electron chi connectivity index (χ4n) is 2.01. The van der Waals surface area contributed by atoms with Gasteiger partial charge in [-0.05, 0) is 37.0 Å². The molecule has 0 aromatic heterocycles. The molecule has 1 aromatic carbocycles. The maximum absolute atomic E-state index is 11.9. The second kappa shape index (κ2) is 6.24. The van der Waals surface area contributed by atoms with Crippen LogP contribution < -0.4 is 16.4 Å². The summed E-state index contributed by atoms with van der Waals surface area (Å²) in [5, 5.41) is 5.63. The summed E-state index contributed by atoms with van der Waals surface area (Å²) >= 11 is 6.02. The number of benzene rings is 1. The third kappa shape index (κ3) is 3.71. The van der Waals surface area contributed by atoms with E-state index in [-0.39, 0.29) is 24.3 Å². The van der Waals surface area contributed by atoms with Gasteiger partial charge in [0.2, 0.25) is 5.91 Å². The molecule has 1 saturated carbocycles. The van der Waals surface area contributed by atoms with Crippen molar-refractivity contribution in [3.05, 3.63) is 28.8 Å². The average molecular weight is 296 g/mol. The van der Waals surface area contributed by atoms with Crippen molar-refractivity contribution in [2.45, 2.75) is 25.3 Å². The van der Waals surface area contributed by atoms with Crippen LogP contribution in [0.4, 0.5) is 5.69 Å². The lowest BCUT2D eigenvalue weighted by Gasteiger charge is -2.12. The van der Waals surface area contributed by atoms with Crippen LogP contribution in [0.2, 0.25) is 5.02 Å². The zero-order valence-electron chi connectivity index (χ0n) is 11.3. The van der Waals surface area contributed by atoms with Gasteiger partial charge in [-0.15, -0.1) is 0 Å². The van der Waals surface area contributed by atoms with Gasteiger partial charge in [-0.25, -0.2) is 0 Å². The van der Waals surface area contributed by atoms with Gasteiger partial charge in [0, 0.05) is 25.1 Å². The first-order valence-electron chi connectivity index (χ1n) is 6.58. The normalized spacial score (nSPS) is 15.6. The van der Waals surface area contributed by atoms with E-state index in [0.717, 1.165) is 12.8 Å². The molecule has 2 amide bonds. The standard InChI is InChI=1S/C14H18ClN3O2/c1-17-14(20)9-4-5-10(15)12(6-9)18-13(19)7-11(16)8-2-3-8/h4-6,8,11H,2-3,7,16H2,1H3,(H,17,20)(H,18,19). The van der Waals surface area contributed by atoms with E-state index < -0.39 is 0 Å². The van der Waals surface area contributed by atoms with Crippen LogP contribution in [0.3, 0.4) is 0 Å². The van der Waals surface area contributed by atoms with Crippen molar-refractivity contribution in [3.63, 3.8) is 0 Å². The molecule has 0 spiro atoms. The predicted octanol–water partition coefficient (Wildman–Crippen LogP) is 1.77. The van der Waals surface area contributed by atoms with Gasteiger partial charge in [-0.2, -0.15) is 0 Å². The highest BCUT2D eigenvalue weighted by Gasteiger charge is 2.29. The second-order valence-electron chi connectivity index (χ2n) is 5.03. The average Bonchev–Trinajstić information content (AvgIpc) is 3.24. The Morgan fingerprint density at radius 3 is 2.75 bits per heavy atom. The summed E-state index contributed by atoms with van der Waals surface area (Å²) in [6.07, 6.45) is 2.47. The van der Waals surface area contributed by atoms with Crippen molar-refractivity contribution in [2.75, 3.05) is 12.4 Å². The van der Waals surface area contributed by atoms with Gasteiger partial charge in [-0.1, -0.05) is 11.6 Å². The molecule has 5 nitrogen and oxygen atoms in total. The number of nitrogens with one attached hydrogen (secondary N) is 2. The van der Waals surface area contributed by atoms with Crippen LogP contribution in [0.15, 0.2) is 18.2 Å². The number of carbonyl (C=O) groups is 2. The molecule has 4 N–H and O–H groups in total. The maximum atomic E-state index is 11.9. The molecular formula is C14H18ClN3O2. The van der Waals surface area contributed by atoms with E-state index in [9.17, 15) is 9.59 Å². The molecule has 2 rings (SSSR count). The van der Waals surface area contributed by atoms with E-state index >= 15 is 0 Å². The van der Waals surface area contributed by atoms with Crippen LogP contribution in [-0.2, 0) is 4.79 Å². The SMILES string of the molecule is CNC(=O)c1ccc(Cl)c(NC(=O)CC(N)C2CC2)c1. The molecule has 0 heterocycles. The summed E-state index contributed by atoms with van der Waals surface area (Å²) in [6.45, 7) is 0. The summed E-state index contributed by atoms with van der Waals surface area (Å²) in [5.74, 6) is 0.0561. The first-order valence-corrected chi connectivity index (χ1v) is 6.96. The van der Waals surface area contributed by atoms with Gasteiger partial charge in [0.05, 0.1) is 10.7 Å². The minimum Gasteiger partial charge on any atom is -0.355 e. The van der Waals surface area contributed by atoms with E-state index in [2.05, 4.69) is 10.6 Å². The second-order valence-corrected chi connectivity index (χ2v) is 5.43. The van der Waals surface area contributed by atoms with Crippen molar-refractivity contribution >= 4 is 29.1 Å². The van der Waals surface area contributed by atoms with Crippen molar-refractivity contribution in [2.24, 2.45) is 11.7 Å². The third-order valence-electron chi connectivity index (χ3n) is 3.38. The quantitative estimate of drug-likeness (QED) is 0.774. The summed E-state index contributed by atoms with van der Waals surface area (Å²) in [5.41, 5.74) is 6.79. The molecule has 0 radical (unpaired) electrons. The van der Waals surface area contributed by atoms with Crippen molar-refractivity contribution in [1.29, 1.82) is 0 Å². The molecule has 1 aliphatic rings. The number of hydrogen-bond acceptors (Lipinski definition) is 3.